The molecule has 0 bridgehead atoms. The molecule has 4 aromatic rings. The average Bonchev–Trinajstić information content (AvgIpc) is 3.60. The SMILES string of the molecule is CCCCc1ncc(C(=O)N(Cc2ccc(C(F)(F)F)cc2)c2nn[nH]n2)n1Cc1ccc(C(=O)OC)cc1. The summed E-state index contributed by atoms with van der Waals surface area (Å²) in [6.45, 7) is 2.24. The van der Waals surface area contributed by atoms with E-state index in [1.54, 1.807) is 28.8 Å². The molecule has 13 heteroatoms. The van der Waals surface area contributed by atoms with Crippen molar-refractivity contribution in [2.24, 2.45) is 0 Å². The van der Waals surface area contributed by atoms with E-state index in [0.717, 1.165) is 30.5 Å². The van der Waals surface area contributed by atoms with Gasteiger partial charge in [0.25, 0.3) is 11.9 Å². The van der Waals surface area contributed by atoms with Crippen LogP contribution in [-0.4, -0.2) is 49.2 Å². The van der Waals surface area contributed by atoms with Crippen LogP contribution in [0.2, 0.25) is 0 Å². The molecule has 0 aliphatic heterocycles. The number of amides is 1. The third-order valence-corrected chi connectivity index (χ3v) is 6.07. The molecule has 0 radical (unpaired) electrons. The minimum Gasteiger partial charge on any atom is -0.465 e. The van der Waals surface area contributed by atoms with Crippen molar-refractivity contribution in [3.63, 3.8) is 0 Å². The highest BCUT2D eigenvalue weighted by Crippen LogP contribution is 2.29. The molecular formula is C26H26F3N7O3. The number of tetrazole rings is 1. The minimum absolute atomic E-state index is 0.0369. The van der Waals surface area contributed by atoms with Crippen LogP contribution in [0.4, 0.5) is 19.1 Å². The maximum absolute atomic E-state index is 13.9. The topological polar surface area (TPSA) is 119 Å². The van der Waals surface area contributed by atoms with Crippen molar-refractivity contribution in [1.82, 2.24) is 30.2 Å². The summed E-state index contributed by atoms with van der Waals surface area (Å²) in [7, 11) is 1.31. The van der Waals surface area contributed by atoms with Gasteiger partial charge >= 0.3 is 12.1 Å². The van der Waals surface area contributed by atoms with Crippen molar-refractivity contribution >= 4 is 17.8 Å². The van der Waals surface area contributed by atoms with E-state index in [9.17, 15) is 22.8 Å². The number of anilines is 1. The standard InChI is InChI=1S/C26H26F3N7O3/c1-3-4-5-22-30-14-21(35(22)15-17-6-10-19(11-7-17)24(38)39-2)23(37)36(25-31-33-34-32-25)16-18-8-12-20(13-9-18)26(27,28)29/h6-14H,3-5,15-16H2,1-2H3,(H,31,32,33,34). The number of unbranched alkanes of at least 4 members (excludes halogenated alkanes) is 1. The van der Waals surface area contributed by atoms with Gasteiger partial charge in [-0.15, -0.1) is 5.10 Å². The Balaban J connectivity index is 1.66. The fourth-order valence-electron chi connectivity index (χ4n) is 3.97. The van der Waals surface area contributed by atoms with Crippen LogP contribution >= 0.6 is 0 Å². The number of H-pyrrole nitrogens is 1. The number of nitrogens with zero attached hydrogens (tertiary/aromatic N) is 6. The number of imidazole rings is 1. The molecule has 10 nitrogen and oxygen atoms in total. The normalized spacial score (nSPS) is 11.4. The predicted molar refractivity (Wildman–Crippen MR) is 134 cm³/mol. The molecule has 0 spiro atoms. The average molecular weight is 542 g/mol. The van der Waals surface area contributed by atoms with Crippen molar-refractivity contribution in [1.29, 1.82) is 0 Å². The number of benzene rings is 2. The second-order valence-electron chi connectivity index (χ2n) is 8.74. The van der Waals surface area contributed by atoms with Crippen molar-refractivity contribution < 1.29 is 27.5 Å². The van der Waals surface area contributed by atoms with Gasteiger partial charge in [-0.2, -0.15) is 18.4 Å². The molecule has 1 N–H and O–H groups in total. The Morgan fingerprint density at radius 3 is 2.33 bits per heavy atom. The van der Waals surface area contributed by atoms with Gasteiger partial charge in [-0.25, -0.2) is 9.78 Å². The number of nitrogens with one attached hydrogen (secondary N) is 1. The summed E-state index contributed by atoms with van der Waals surface area (Å²) in [5.41, 5.74) is 1.11. The molecule has 4 rings (SSSR count). The Morgan fingerprint density at radius 1 is 1.05 bits per heavy atom. The highest BCUT2D eigenvalue weighted by Gasteiger charge is 2.31. The Hall–Kier alpha value is -4.55. The second-order valence-corrected chi connectivity index (χ2v) is 8.74. The number of carbonyl (C=O) groups excluding carboxylic acids is 2. The van der Waals surface area contributed by atoms with Crippen molar-refractivity contribution in [2.45, 2.75) is 45.5 Å². The monoisotopic (exact) mass is 541 g/mol. The first-order valence-corrected chi connectivity index (χ1v) is 12.1. The fraction of sp³-hybridized carbons (Fsp3) is 0.308. The van der Waals surface area contributed by atoms with E-state index >= 15 is 0 Å². The number of rotatable bonds is 10. The largest absolute Gasteiger partial charge is 0.465 e. The Morgan fingerprint density at radius 2 is 1.74 bits per heavy atom. The van der Waals surface area contributed by atoms with Crippen molar-refractivity contribution in [2.75, 3.05) is 12.0 Å². The van der Waals surface area contributed by atoms with Crippen LogP contribution in [0.1, 0.15) is 63.1 Å². The smallest absolute Gasteiger partial charge is 0.416 e. The summed E-state index contributed by atoms with van der Waals surface area (Å²) in [5, 5.41) is 13.7. The van der Waals surface area contributed by atoms with E-state index in [4.69, 9.17) is 4.74 Å². The number of methoxy groups -OCH3 is 1. The summed E-state index contributed by atoms with van der Waals surface area (Å²) < 4.78 is 45.6. The van der Waals surface area contributed by atoms with Gasteiger partial charge in [-0.05, 0) is 47.0 Å². The highest BCUT2D eigenvalue weighted by atomic mass is 19.4. The third kappa shape index (κ3) is 6.48. The molecule has 0 saturated carbocycles. The number of halogens is 3. The van der Waals surface area contributed by atoms with Crippen molar-refractivity contribution in [3.05, 3.63) is 88.5 Å². The maximum Gasteiger partial charge on any atom is 0.416 e. The Labute approximate surface area is 221 Å². The Bertz CT molecular complexity index is 1400. The summed E-state index contributed by atoms with van der Waals surface area (Å²) in [4.78, 5) is 31.4. The number of esters is 1. The lowest BCUT2D eigenvalue weighted by atomic mass is 10.1. The molecule has 0 fully saturated rings. The molecule has 2 aromatic carbocycles. The zero-order chi connectivity index (χ0) is 28.0. The number of hydrogen-bond acceptors (Lipinski definition) is 7. The lowest BCUT2D eigenvalue weighted by Crippen LogP contribution is -2.33. The molecule has 0 unspecified atom stereocenters. The summed E-state index contributed by atoms with van der Waals surface area (Å²) in [6, 6.07) is 11.3. The quantitative estimate of drug-likeness (QED) is 0.295. The number of aromatic amines is 1. The lowest BCUT2D eigenvalue weighted by molar-refractivity contribution is -0.137. The van der Waals surface area contributed by atoms with Crippen LogP contribution in [0.25, 0.3) is 0 Å². The van der Waals surface area contributed by atoms with Gasteiger partial charge in [0, 0.05) is 13.0 Å². The lowest BCUT2D eigenvalue weighted by Gasteiger charge is -2.20. The number of aromatic nitrogens is 6. The third-order valence-electron chi connectivity index (χ3n) is 6.07. The van der Waals surface area contributed by atoms with Gasteiger partial charge < -0.3 is 9.30 Å². The molecule has 2 heterocycles. The maximum atomic E-state index is 13.9. The predicted octanol–water partition coefficient (Wildman–Crippen LogP) is 4.44. The van der Waals surface area contributed by atoms with E-state index in [0.29, 0.717) is 29.9 Å². The summed E-state index contributed by atoms with van der Waals surface area (Å²) in [6.07, 6.45) is -0.599. The highest BCUT2D eigenvalue weighted by molar-refractivity contribution is 6.03. The number of hydrogen-bond donors (Lipinski definition) is 1. The van der Waals surface area contributed by atoms with Crippen LogP contribution in [-0.2, 0) is 30.4 Å². The molecule has 1 amide bonds. The molecule has 204 valence electrons. The molecule has 0 aliphatic rings. The summed E-state index contributed by atoms with van der Waals surface area (Å²) >= 11 is 0. The first kappa shape index (κ1) is 27.5. The zero-order valence-electron chi connectivity index (χ0n) is 21.3. The molecular weight excluding hydrogens is 515 g/mol. The van der Waals surface area contributed by atoms with Crippen LogP contribution in [0.5, 0.6) is 0 Å². The van der Waals surface area contributed by atoms with E-state index in [-0.39, 0.29) is 18.2 Å². The van der Waals surface area contributed by atoms with Gasteiger partial charge in [0.15, 0.2) is 0 Å². The van der Waals surface area contributed by atoms with E-state index in [1.807, 2.05) is 6.92 Å². The Kier molecular flexibility index (Phi) is 8.37. The molecule has 2 aromatic heterocycles. The van der Waals surface area contributed by atoms with Crippen LogP contribution in [0.3, 0.4) is 0 Å². The fourth-order valence-corrected chi connectivity index (χ4v) is 3.97. The zero-order valence-corrected chi connectivity index (χ0v) is 21.3. The molecule has 0 aliphatic carbocycles. The number of aryl methyl sites for hydroxylation is 1. The molecule has 0 saturated heterocycles. The van der Waals surface area contributed by atoms with E-state index in [1.165, 1.54) is 30.3 Å². The second kappa shape index (κ2) is 11.9. The minimum atomic E-state index is -4.47. The van der Waals surface area contributed by atoms with Gasteiger partial charge in [-0.1, -0.05) is 42.7 Å². The molecule has 0 atom stereocenters. The molecule has 39 heavy (non-hydrogen) atoms. The summed E-state index contributed by atoms with van der Waals surface area (Å²) in [5.74, 6) is -0.301. The first-order valence-electron chi connectivity index (χ1n) is 12.1. The van der Waals surface area contributed by atoms with Crippen LogP contribution in [0.15, 0.2) is 54.7 Å². The van der Waals surface area contributed by atoms with Gasteiger partial charge in [0.1, 0.15) is 11.5 Å². The van der Waals surface area contributed by atoms with Crippen LogP contribution in [0, 0.1) is 0 Å². The number of carbonyl (C=O) groups is 2. The van der Waals surface area contributed by atoms with Gasteiger partial charge in [0.05, 0.1) is 31.0 Å². The number of alkyl halides is 3. The van der Waals surface area contributed by atoms with Gasteiger partial charge in [-0.3, -0.25) is 9.69 Å². The first-order chi connectivity index (χ1) is 18.7. The van der Waals surface area contributed by atoms with Crippen LogP contribution < -0.4 is 4.90 Å². The van der Waals surface area contributed by atoms with Crippen molar-refractivity contribution in [3.8, 4) is 0 Å². The van der Waals surface area contributed by atoms with Gasteiger partial charge in [0.2, 0.25) is 0 Å². The van der Waals surface area contributed by atoms with E-state index < -0.39 is 23.6 Å². The van der Waals surface area contributed by atoms with E-state index in [2.05, 4.69) is 25.6 Å². The number of ether oxygens (including phenoxy) is 1.